The van der Waals surface area contributed by atoms with Gasteiger partial charge in [0.25, 0.3) is 0 Å². The quantitative estimate of drug-likeness (QED) is 0.485. The third-order valence-electron chi connectivity index (χ3n) is 3.93. The predicted octanol–water partition coefficient (Wildman–Crippen LogP) is 4.74. The van der Waals surface area contributed by atoms with E-state index >= 15 is 0 Å². The molecule has 1 amide bonds. The molecule has 0 spiro atoms. The number of nitrogens with one attached hydrogen (secondary N) is 1. The fraction of sp³-hybridized carbons (Fsp3) is 0.0588. The highest BCUT2D eigenvalue weighted by Gasteiger charge is 2.17. The van der Waals surface area contributed by atoms with Gasteiger partial charge in [0.05, 0.1) is 26.8 Å². The maximum Gasteiger partial charge on any atom is 0.237 e. The van der Waals surface area contributed by atoms with Gasteiger partial charge in [-0.2, -0.15) is 0 Å². The van der Waals surface area contributed by atoms with Crippen molar-refractivity contribution in [3.8, 4) is 11.5 Å². The molecular weight excluding hydrogens is 427 g/mol. The minimum Gasteiger partial charge on any atom is -0.368 e. The van der Waals surface area contributed by atoms with Crippen molar-refractivity contribution in [2.75, 3.05) is 0 Å². The molecule has 8 heteroatoms. The van der Waals surface area contributed by atoms with E-state index in [9.17, 15) is 4.79 Å². The van der Waals surface area contributed by atoms with E-state index in [-0.39, 0.29) is 6.54 Å². The maximum absolute atomic E-state index is 11.6. The van der Waals surface area contributed by atoms with Crippen molar-refractivity contribution in [3.05, 3.63) is 50.9 Å². The Morgan fingerprint density at radius 3 is 2.72 bits per heavy atom. The maximum atomic E-state index is 11.6. The summed E-state index contributed by atoms with van der Waals surface area (Å²) < 4.78 is 2.71. The second-order valence-corrected chi connectivity index (χ2v) is 7.39. The van der Waals surface area contributed by atoms with E-state index in [0.717, 1.165) is 21.1 Å². The number of benzene rings is 2. The molecule has 25 heavy (non-hydrogen) atoms. The van der Waals surface area contributed by atoms with Crippen molar-refractivity contribution < 1.29 is 4.79 Å². The lowest BCUT2D eigenvalue weighted by atomic mass is 10.2. The number of fused-ring (bicyclic) bond motifs is 2. The summed E-state index contributed by atoms with van der Waals surface area (Å²) in [5.74, 6) is 0.130. The lowest BCUT2D eigenvalue weighted by molar-refractivity contribution is -0.118. The topological polar surface area (TPSA) is 76.7 Å². The highest BCUT2D eigenvalue weighted by molar-refractivity contribution is 9.10. The number of halogens is 3. The molecule has 0 saturated carbocycles. The molecule has 126 valence electrons. The summed E-state index contributed by atoms with van der Waals surface area (Å²) >= 11 is 15.7. The van der Waals surface area contributed by atoms with Crippen LogP contribution in [0.3, 0.4) is 0 Å². The van der Waals surface area contributed by atoms with Gasteiger partial charge in [0.2, 0.25) is 5.91 Å². The zero-order valence-electron chi connectivity index (χ0n) is 12.7. The molecule has 2 aromatic heterocycles. The predicted molar refractivity (Wildman–Crippen MR) is 104 cm³/mol. The summed E-state index contributed by atoms with van der Waals surface area (Å²) in [5, 5.41) is 1.84. The van der Waals surface area contributed by atoms with Crippen molar-refractivity contribution in [1.82, 2.24) is 14.5 Å². The van der Waals surface area contributed by atoms with Crippen molar-refractivity contribution in [3.63, 3.8) is 0 Å². The Morgan fingerprint density at radius 2 is 1.96 bits per heavy atom. The first-order valence-corrected chi connectivity index (χ1v) is 8.89. The molecular formula is C17H11BrCl2N4O. The highest BCUT2D eigenvalue weighted by Crippen LogP contribution is 2.32. The number of H-pyrrole nitrogens is 1. The zero-order valence-corrected chi connectivity index (χ0v) is 15.8. The fourth-order valence-electron chi connectivity index (χ4n) is 2.86. The first-order valence-electron chi connectivity index (χ1n) is 7.34. The number of aromatic amines is 1. The van der Waals surface area contributed by atoms with Gasteiger partial charge in [0, 0.05) is 15.4 Å². The molecule has 3 N–H and O–H groups in total. The minimum absolute atomic E-state index is 0.0111. The van der Waals surface area contributed by atoms with Gasteiger partial charge in [-0.15, -0.1) is 0 Å². The van der Waals surface area contributed by atoms with Crippen LogP contribution in [0, 0.1) is 0 Å². The van der Waals surface area contributed by atoms with E-state index in [1.807, 2.05) is 24.3 Å². The first kappa shape index (κ1) is 16.4. The monoisotopic (exact) mass is 436 g/mol. The third kappa shape index (κ3) is 2.90. The number of rotatable bonds is 3. The lowest BCUT2D eigenvalue weighted by Gasteiger charge is -2.06. The summed E-state index contributed by atoms with van der Waals surface area (Å²) in [6, 6.07) is 11.3. The number of amides is 1. The van der Waals surface area contributed by atoms with E-state index in [1.165, 1.54) is 0 Å². The van der Waals surface area contributed by atoms with E-state index in [0.29, 0.717) is 26.9 Å². The SMILES string of the molecule is NC(=O)Cn1c(-c2cc3ccc(Br)cc3[nH]2)nc2cc(Cl)c(Cl)cc21. The Morgan fingerprint density at radius 1 is 1.20 bits per heavy atom. The van der Waals surface area contributed by atoms with Crippen LogP contribution in [0.25, 0.3) is 33.5 Å². The molecule has 0 bridgehead atoms. The number of hydrogen-bond donors (Lipinski definition) is 2. The number of nitrogens with two attached hydrogens (primary N) is 1. The van der Waals surface area contributed by atoms with Crippen LogP contribution >= 0.6 is 39.1 Å². The summed E-state index contributed by atoms with van der Waals surface area (Å²) in [5.41, 5.74) is 8.50. The van der Waals surface area contributed by atoms with Crippen LogP contribution in [-0.4, -0.2) is 20.4 Å². The number of primary amides is 1. The minimum atomic E-state index is -0.467. The number of hydrogen-bond acceptors (Lipinski definition) is 2. The van der Waals surface area contributed by atoms with Gasteiger partial charge in [0.1, 0.15) is 6.54 Å². The van der Waals surface area contributed by atoms with E-state index in [2.05, 4.69) is 25.9 Å². The fourth-order valence-corrected chi connectivity index (χ4v) is 3.54. The van der Waals surface area contributed by atoms with Crippen molar-refractivity contribution in [2.24, 2.45) is 5.73 Å². The van der Waals surface area contributed by atoms with Crippen LogP contribution in [0.1, 0.15) is 0 Å². The standard InChI is InChI=1S/C17H11BrCl2N4O/c18-9-2-1-8-3-14(22-12(8)4-9)17-23-13-5-10(19)11(20)6-15(13)24(17)7-16(21)25/h1-6,22H,7H2,(H2,21,25). The molecule has 0 unspecified atom stereocenters. The van der Waals surface area contributed by atoms with Crippen LogP contribution in [0.15, 0.2) is 40.9 Å². The molecule has 0 aliphatic heterocycles. The number of nitrogens with zero attached hydrogens (tertiary/aromatic N) is 2. The van der Waals surface area contributed by atoms with Crippen LogP contribution in [0.4, 0.5) is 0 Å². The van der Waals surface area contributed by atoms with Gasteiger partial charge in [-0.1, -0.05) is 45.2 Å². The highest BCUT2D eigenvalue weighted by atomic mass is 79.9. The van der Waals surface area contributed by atoms with E-state index in [1.54, 1.807) is 16.7 Å². The second-order valence-electron chi connectivity index (χ2n) is 5.66. The van der Waals surface area contributed by atoms with Crippen molar-refractivity contribution >= 4 is 67.0 Å². The molecule has 0 saturated heterocycles. The third-order valence-corrected chi connectivity index (χ3v) is 5.15. The Balaban J connectivity index is 1.99. The molecule has 0 radical (unpaired) electrons. The van der Waals surface area contributed by atoms with Crippen LogP contribution < -0.4 is 5.73 Å². The number of imidazole rings is 1. The van der Waals surface area contributed by atoms with Gasteiger partial charge in [-0.25, -0.2) is 4.98 Å². The van der Waals surface area contributed by atoms with Gasteiger partial charge < -0.3 is 15.3 Å². The summed E-state index contributed by atoms with van der Waals surface area (Å²) in [7, 11) is 0. The Kier molecular flexibility index (Phi) is 3.98. The molecule has 0 aliphatic rings. The zero-order chi connectivity index (χ0) is 17.7. The average molecular weight is 438 g/mol. The molecule has 2 heterocycles. The van der Waals surface area contributed by atoms with Gasteiger partial charge in [0.15, 0.2) is 5.82 Å². The smallest absolute Gasteiger partial charge is 0.237 e. The molecule has 4 aromatic rings. The van der Waals surface area contributed by atoms with Gasteiger partial charge in [-0.05, 0) is 30.3 Å². The summed E-state index contributed by atoms with van der Waals surface area (Å²) in [6.07, 6.45) is 0. The Bertz CT molecular complexity index is 1150. The number of aromatic nitrogens is 3. The van der Waals surface area contributed by atoms with Crippen LogP contribution in [0.2, 0.25) is 10.0 Å². The van der Waals surface area contributed by atoms with Gasteiger partial charge in [-0.3, -0.25) is 4.79 Å². The normalized spacial score (nSPS) is 11.5. The van der Waals surface area contributed by atoms with Crippen molar-refractivity contribution in [2.45, 2.75) is 6.54 Å². The second kappa shape index (κ2) is 6.05. The molecule has 5 nitrogen and oxygen atoms in total. The van der Waals surface area contributed by atoms with Crippen LogP contribution in [0.5, 0.6) is 0 Å². The summed E-state index contributed by atoms with van der Waals surface area (Å²) in [4.78, 5) is 19.5. The Labute approximate surface area is 160 Å². The van der Waals surface area contributed by atoms with E-state index < -0.39 is 5.91 Å². The van der Waals surface area contributed by atoms with Crippen LogP contribution in [-0.2, 0) is 11.3 Å². The molecule has 0 aliphatic carbocycles. The lowest BCUT2D eigenvalue weighted by Crippen LogP contribution is -2.19. The van der Waals surface area contributed by atoms with Crippen molar-refractivity contribution in [1.29, 1.82) is 0 Å². The first-order chi connectivity index (χ1) is 11.9. The Hall–Kier alpha value is -2.02. The molecule has 2 aromatic carbocycles. The average Bonchev–Trinajstić information content (AvgIpc) is 3.09. The number of carbonyl (C=O) groups is 1. The van der Waals surface area contributed by atoms with E-state index in [4.69, 9.17) is 28.9 Å². The van der Waals surface area contributed by atoms with Gasteiger partial charge >= 0.3 is 0 Å². The molecule has 0 fully saturated rings. The molecule has 4 rings (SSSR count). The summed E-state index contributed by atoms with van der Waals surface area (Å²) in [6.45, 7) is -0.0111. The number of carbonyl (C=O) groups excluding carboxylic acids is 1. The largest absolute Gasteiger partial charge is 0.368 e. The molecule has 0 atom stereocenters.